The second kappa shape index (κ2) is 6.85. The Morgan fingerprint density at radius 2 is 1.95 bits per heavy atom. The summed E-state index contributed by atoms with van der Waals surface area (Å²) in [6.45, 7) is 2.39. The first-order chi connectivity index (χ1) is 10.3. The molecule has 0 spiro atoms. The highest BCUT2D eigenvalue weighted by Gasteiger charge is 2.33. The molecule has 0 unspecified atom stereocenters. The fraction of sp³-hybridized carbons (Fsp3) is 0.867. The highest BCUT2D eigenvalue weighted by molar-refractivity contribution is 4.96. The van der Waals surface area contributed by atoms with Crippen molar-refractivity contribution in [2.24, 2.45) is 0 Å². The number of aliphatic hydroxyl groups excluding tert-OH is 1. The van der Waals surface area contributed by atoms with Gasteiger partial charge in [0.25, 0.3) is 0 Å². The second-order valence-electron chi connectivity index (χ2n) is 6.20. The number of nitrogens with zero attached hydrogens (tertiary/aromatic N) is 3. The highest BCUT2D eigenvalue weighted by atomic mass is 16.5. The summed E-state index contributed by atoms with van der Waals surface area (Å²) in [7, 11) is 1.62. The molecule has 1 aromatic rings. The summed E-state index contributed by atoms with van der Waals surface area (Å²) in [5.41, 5.74) is 0. The molecule has 1 saturated carbocycles. The molecule has 6 heteroatoms. The van der Waals surface area contributed by atoms with Crippen molar-refractivity contribution in [3.8, 4) is 0 Å². The minimum Gasteiger partial charge on any atom is -0.422 e. The summed E-state index contributed by atoms with van der Waals surface area (Å²) < 4.78 is 10.7. The lowest BCUT2D eigenvalue weighted by Gasteiger charge is -2.41. The number of piperidine rings is 1. The van der Waals surface area contributed by atoms with Crippen molar-refractivity contribution in [1.82, 2.24) is 15.1 Å². The molecule has 2 fully saturated rings. The largest absolute Gasteiger partial charge is 0.422 e. The van der Waals surface area contributed by atoms with Crippen LogP contribution in [0.1, 0.15) is 56.2 Å². The first-order valence-corrected chi connectivity index (χ1v) is 8.01. The number of hydrogen-bond acceptors (Lipinski definition) is 6. The van der Waals surface area contributed by atoms with Crippen LogP contribution in [0.25, 0.3) is 0 Å². The summed E-state index contributed by atoms with van der Waals surface area (Å²) in [5, 5.41) is 18.3. The van der Waals surface area contributed by atoms with Crippen molar-refractivity contribution in [2.75, 3.05) is 20.2 Å². The average molecular weight is 295 g/mol. The van der Waals surface area contributed by atoms with Gasteiger partial charge in [0.15, 0.2) is 0 Å². The fourth-order valence-electron chi connectivity index (χ4n) is 3.61. The van der Waals surface area contributed by atoms with Gasteiger partial charge in [0.2, 0.25) is 11.8 Å². The van der Waals surface area contributed by atoms with Crippen LogP contribution in [-0.2, 0) is 11.3 Å². The average Bonchev–Trinajstić information content (AvgIpc) is 2.97. The minimum atomic E-state index is -0.146. The van der Waals surface area contributed by atoms with Gasteiger partial charge in [-0.25, -0.2) is 0 Å². The maximum atomic E-state index is 10.2. The van der Waals surface area contributed by atoms with Crippen molar-refractivity contribution in [2.45, 2.75) is 63.2 Å². The van der Waals surface area contributed by atoms with Gasteiger partial charge in [0.1, 0.15) is 6.61 Å². The van der Waals surface area contributed by atoms with Crippen LogP contribution >= 0.6 is 0 Å². The lowest BCUT2D eigenvalue weighted by Crippen LogP contribution is -2.48. The molecular formula is C15H25N3O3. The molecule has 6 nitrogen and oxygen atoms in total. The van der Waals surface area contributed by atoms with Crippen LogP contribution in [0.2, 0.25) is 0 Å². The van der Waals surface area contributed by atoms with Gasteiger partial charge in [-0.2, -0.15) is 0 Å². The molecule has 1 aromatic heterocycles. The van der Waals surface area contributed by atoms with Gasteiger partial charge in [-0.3, -0.25) is 4.90 Å². The zero-order valence-corrected chi connectivity index (χ0v) is 12.7. The van der Waals surface area contributed by atoms with E-state index < -0.39 is 0 Å². The SMILES string of the molecule is COCc1nnc(C2CCN([C@H]3CCCC[C@@H]3O)CC2)o1. The Morgan fingerprint density at radius 1 is 1.19 bits per heavy atom. The van der Waals surface area contributed by atoms with E-state index >= 15 is 0 Å². The molecule has 1 N–H and O–H groups in total. The Morgan fingerprint density at radius 3 is 2.67 bits per heavy atom. The number of hydrogen-bond donors (Lipinski definition) is 1. The first-order valence-electron chi connectivity index (χ1n) is 8.01. The normalized spacial score (nSPS) is 28.9. The van der Waals surface area contributed by atoms with Crippen molar-refractivity contribution in [3.05, 3.63) is 11.8 Å². The number of likely N-dealkylation sites (tertiary alicyclic amines) is 1. The quantitative estimate of drug-likeness (QED) is 0.911. The van der Waals surface area contributed by atoms with Crippen molar-refractivity contribution in [1.29, 1.82) is 0 Å². The van der Waals surface area contributed by atoms with Crippen LogP contribution in [0, 0.1) is 0 Å². The molecular weight excluding hydrogens is 270 g/mol. The van der Waals surface area contributed by atoms with E-state index in [1.165, 1.54) is 12.8 Å². The second-order valence-corrected chi connectivity index (χ2v) is 6.20. The highest BCUT2D eigenvalue weighted by Crippen LogP contribution is 2.31. The predicted molar refractivity (Wildman–Crippen MR) is 76.8 cm³/mol. The molecule has 2 aliphatic rings. The van der Waals surface area contributed by atoms with Gasteiger partial charge >= 0.3 is 0 Å². The zero-order valence-electron chi connectivity index (χ0n) is 12.7. The topological polar surface area (TPSA) is 71.6 Å². The van der Waals surface area contributed by atoms with Crippen LogP contribution in [0.15, 0.2) is 4.42 Å². The Bertz CT molecular complexity index is 443. The predicted octanol–water partition coefficient (Wildman–Crippen LogP) is 1.70. The third kappa shape index (κ3) is 3.44. The number of methoxy groups -OCH3 is 1. The molecule has 0 bridgehead atoms. The van der Waals surface area contributed by atoms with E-state index in [-0.39, 0.29) is 6.10 Å². The van der Waals surface area contributed by atoms with Gasteiger partial charge < -0.3 is 14.3 Å². The molecule has 1 aliphatic carbocycles. The monoisotopic (exact) mass is 295 g/mol. The van der Waals surface area contributed by atoms with Gasteiger partial charge in [0.05, 0.1) is 6.10 Å². The Kier molecular flexibility index (Phi) is 4.87. The van der Waals surface area contributed by atoms with Crippen LogP contribution in [-0.4, -0.2) is 52.5 Å². The summed E-state index contributed by atoms with van der Waals surface area (Å²) >= 11 is 0. The van der Waals surface area contributed by atoms with E-state index in [9.17, 15) is 5.11 Å². The first kappa shape index (κ1) is 14.9. The van der Waals surface area contributed by atoms with E-state index in [1.54, 1.807) is 7.11 Å². The zero-order chi connectivity index (χ0) is 14.7. The van der Waals surface area contributed by atoms with Crippen molar-refractivity contribution >= 4 is 0 Å². The van der Waals surface area contributed by atoms with E-state index in [0.29, 0.717) is 24.5 Å². The van der Waals surface area contributed by atoms with E-state index in [0.717, 1.165) is 44.7 Å². The lowest BCUT2D eigenvalue weighted by atomic mass is 9.88. The molecule has 3 rings (SSSR count). The third-order valence-electron chi connectivity index (χ3n) is 4.79. The van der Waals surface area contributed by atoms with E-state index in [2.05, 4.69) is 15.1 Å². The van der Waals surface area contributed by atoms with Gasteiger partial charge in [0, 0.05) is 19.1 Å². The lowest BCUT2D eigenvalue weighted by molar-refractivity contribution is 0.00743. The van der Waals surface area contributed by atoms with Crippen LogP contribution in [0.5, 0.6) is 0 Å². The van der Waals surface area contributed by atoms with E-state index in [1.807, 2.05) is 0 Å². The number of aliphatic hydroxyl groups is 1. The maximum Gasteiger partial charge on any atom is 0.242 e. The van der Waals surface area contributed by atoms with Gasteiger partial charge in [-0.05, 0) is 38.8 Å². The molecule has 2 heterocycles. The summed E-state index contributed by atoms with van der Waals surface area (Å²) in [6.07, 6.45) is 6.39. The summed E-state index contributed by atoms with van der Waals surface area (Å²) in [5.74, 6) is 1.64. The molecule has 2 atom stereocenters. The molecule has 21 heavy (non-hydrogen) atoms. The standard InChI is InChI=1S/C15H25N3O3/c1-20-10-14-16-17-15(21-14)11-6-8-18(9-7-11)12-4-2-3-5-13(12)19/h11-13,19H,2-10H2,1H3/t12-,13-/m0/s1. The Balaban J connectivity index is 1.54. The fourth-order valence-corrected chi connectivity index (χ4v) is 3.61. The molecule has 0 amide bonds. The Hall–Kier alpha value is -0.980. The van der Waals surface area contributed by atoms with Crippen LogP contribution in [0.3, 0.4) is 0 Å². The minimum absolute atomic E-state index is 0.146. The van der Waals surface area contributed by atoms with Crippen LogP contribution in [0.4, 0.5) is 0 Å². The molecule has 0 aromatic carbocycles. The smallest absolute Gasteiger partial charge is 0.242 e. The number of aromatic nitrogens is 2. The molecule has 0 radical (unpaired) electrons. The molecule has 1 saturated heterocycles. The van der Waals surface area contributed by atoms with Gasteiger partial charge in [-0.1, -0.05) is 12.8 Å². The summed E-state index contributed by atoms with van der Waals surface area (Å²) in [6, 6.07) is 0.353. The van der Waals surface area contributed by atoms with Crippen molar-refractivity contribution < 1.29 is 14.3 Å². The Labute approximate surface area is 125 Å². The number of rotatable bonds is 4. The summed E-state index contributed by atoms with van der Waals surface area (Å²) in [4.78, 5) is 2.45. The van der Waals surface area contributed by atoms with E-state index in [4.69, 9.17) is 9.15 Å². The number of ether oxygens (including phenoxy) is 1. The van der Waals surface area contributed by atoms with Gasteiger partial charge in [-0.15, -0.1) is 10.2 Å². The molecule has 118 valence electrons. The molecule has 1 aliphatic heterocycles. The maximum absolute atomic E-state index is 10.2. The van der Waals surface area contributed by atoms with Crippen molar-refractivity contribution in [3.63, 3.8) is 0 Å². The van der Waals surface area contributed by atoms with Crippen LogP contribution < -0.4 is 0 Å². The third-order valence-corrected chi connectivity index (χ3v) is 4.79.